The molecule has 1 unspecified atom stereocenters. The average molecular weight is 725 g/mol. The molecule has 0 spiro atoms. The summed E-state index contributed by atoms with van der Waals surface area (Å²) in [4.78, 5) is 0. The first-order valence-corrected chi connectivity index (χ1v) is 19.9. The molecule has 1 aliphatic carbocycles. The number of hydrogen-bond acceptors (Lipinski definition) is 1. The van der Waals surface area contributed by atoms with Gasteiger partial charge in [0.05, 0.1) is 0 Å². The molecule has 1 aliphatic rings. The van der Waals surface area contributed by atoms with Crippen LogP contribution < -0.4 is 0 Å². The Morgan fingerprint density at radius 2 is 0.982 bits per heavy atom. The topological polar surface area (TPSA) is 13.1 Å². The number of hydrogen-bond donors (Lipinski definition) is 0. The van der Waals surface area contributed by atoms with Crippen LogP contribution in [0.25, 0.3) is 98.8 Å². The molecule has 0 fully saturated rings. The Morgan fingerprint density at radius 1 is 0.351 bits per heavy atom. The Balaban J connectivity index is 0.964. The summed E-state index contributed by atoms with van der Waals surface area (Å²) in [6.07, 6.45) is 0.874. The summed E-state index contributed by atoms with van der Waals surface area (Å²) < 4.78 is 6.45. The van der Waals surface area contributed by atoms with E-state index in [2.05, 4.69) is 194 Å². The predicted molar refractivity (Wildman–Crippen MR) is 240 cm³/mol. The highest BCUT2D eigenvalue weighted by Gasteiger charge is 2.24. The number of para-hydroxylation sites is 2. The smallest absolute Gasteiger partial charge is 0.143 e. The van der Waals surface area contributed by atoms with Crippen molar-refractivity contribution in [1.82, 2.24) is 0 Å². The van der Waals surface area contributed by atoms with Crippen molar-refractivity contribution < 1.29 is 4.42 Å². The summed E-state index contributed by atoms with van der Waals surface area (Å²) in [5.41, 5.74) is 15.9. The fourth-order valence-electron chi connectivity index (χ4n) is 9.62. The second-order valence-corrected chi connectivity index (χ2v) is 15.6. The van der Waals surface area contributed by atoms with Gasteiger partial charge in [-0.25, -0.2) is 0 Å². The molecule has 1 aromatic heterocycles. The van der Waals surface area contributed by atoms with E-state index in [-0.39, 0.29) is 5.92 Å². The molecule has 0 amide bonds. The van der Waals surface area contributed by atoms with Gasteiger partial charge in [-0.2, -0.15) is 0 Å². The van der Waals surface area contributed by atoms with Gasteiger partial charge in [-0.05, 0) is 113 Å². The van der Waals surface area contributed by atoms with E-state index in [1.165, 1.54) is 82.4 Å². The van der Waals surface area contributed by atoms with Crippen molar-refractivity contribution >= 4 is 54.3 Å². The molecule has 1 heteroatoms. The Labute approximate surface area is 331 Å². The number of fused-ring (bicyclic) bond motifs is 9. The third-order valence-corrected chi connectivity index (χ3v) is 12.4. The van der Waals surface area contributed by atoms with Crippen molar-refractivity contribution in [3.8, 4) is 44.5 Å². The van der Waals surface area contributed by atoms with E-state index < -0.39 is 0 Å². The maximum Gasteiger partial charge on any atom is 0.143 e. The summed E-state index contributed by atoms with van der Waals surface area (Å²) in [5.74, 6) is 0.144. The Kier molecular flexibility index (Phi) is 7.12. The maximum atomic E-state index is 6.45. The van der Waals surface area contributed by atoms with Crippen molar-refractivity contribution in [2.24, 2.45) is 0 Å². The zero-order chi connectivity index (χ0) is 37.5. The molecule has 1 atom stereocenters. The molecule has 1 heterocycles. The van der Waals surface area contributed by atoms with Gasteiger partial charge >= 0.3 is 0 Å². The quantitative estimate of drug-likeness (QED) is 0.156. The Hall–Kier alpha value is -7.22. The van der Waals surface area contributed by atoms with Gasteiger partial charge in [0.1, 0.15) is 11.2 Å². The van der Waals surface area contributed by atoms with Crippen molar-refractivity contribution in [3.63, 3.8) is 0 Å². The summed E-state index contributed by atoms with van der Waals surface area (Å²) in [5, 5.41) is 10.1. The number of furan rings is 1. The highest BCUT2D eigenvalue weighted by molar-refractivity contribution is 6.15. The van der Waals surface area contributed by atoms with Crippen LogP contribution in [0.3, 0.4) is 0 Å². The Morgan fingerprint density at radius 3 is 1.86 bits per heavy atom. The summed E-state index contributed by atoms with van der Waals surface area (Å²) in [6, 6.07) is 73.9. The maximum absolute atomic E-state index is 6.45. The van der Waals surface area contributed by atoms with Crippen LogP contribution in [-0.4, -0.2) is 0 Å². The minimum atomic E-state index is 0.144. The van der Waals surface area contributed by atoms with Gasteiger partial charge in [-0.15, -0.1) is 0 Å². The highest BCUT2D eigenvalue weighted by Crippen LogP contribution is 2.48. The average Bonchev–Trinajstić information content (AvgIpc) is 3.82. The van der Waals surface area contributed by atoms with Gasteiger partial charge in [0.25, 0.3) is 0 Å². The molecule has 0 bridgehead atoms. The summed E-state index contributed by atoms with van der Waals surface area (Å²) in [7, 11) is 0. The van der Waals surface area contributed by atoms with E-state index in [0.717, 1.165) is 39.5 Å². The lowest BCUT2D eigenvalue weighted by atomic mass is 9.83. The van der Waals surface area contributed by atoms with E-state index in [4.69, 9.17) is 4.42 Å². The van der Waals surface area contributed by atoms with Gasteiger partial charge in [0.2, 0.25) is 0 Å². The molecule has 12 rings (SSSR count). The molecule has 0 aliphatic heterocycles. The molecule has 0 saturated carbocycles. The fraction of sp³-hybridized carbons (Fsp3) is 0.0357. The van der Waals surface area contributed by atoms with E-state index in [1.54, 1.807) is 0 Å². The standard InChI is InChI=1S/C56H36O/c1-2-14-44-36(10-1)21-26-39-27-28-42(33-52(39)44)41-13-5-9-35(31-41)32-51(43-29-30-46-48-17-6-11-40-12-7-18-49(55(40)48)53(46)34-43)38-24-22-37(23-25-38)45-16-8-19-50-47-15-3-4-20-54(47)57-56(45)50/h1-31,33-34,51H,32H2. The summed E-state index contributed by atoms with van der Waals surface area (Å²) in [6.45, 7) is 0. The summed E-state index contributed by atoms with van der Waals surface area (Å²) >= 11 is 0. The minimum absolute atomic E-state index is 0.144. The lowest BCUT2D eigenvalue weighted by molar-refractivity contribution is 0.670. The van der Waals surface area contributed by atoms with Crippen LogP contribution in [0.1, 0.15) is 22.6 Å². The molecular formula is C56H36O. The molecular weight excluding hydrogens is 689 g/mol. The van der Waals surface area contributed by atoms with Crippen molar-refractivity contribution in [2.45, 2.75) is 12.3 Å². The van der Waals surface area contributed by atoms with Gasteiger partial charge in [0, 0.05) is 22.3 Å². The third kappa shape index (κ3) is 5.16. The van der Waals surface area contributed by atoms with Crippen LogP contribution in [0.15, 0.2) is 205 Å². The molecule has 0 N–H and O–H groups in total. The normalized spacial score (nSPS) is 12.6. The van der Waals surface area contributed by atoms with Crippen LogP contribution >= 0.6 is 0 Å². The highest BCUT2D eigenvalue weighted by atomic mass is 16.3. The first-order valence-electron chi connectivity index (χ1n) is 19.9. The van der Waals surface area contributed by atoms with E-state index in [0.29, 0.717) is 0 Å². The van der Waals surface area contributed by atoms with Crippen LogP contribution in [0.2, 0.25) is 0 Å². The number of benzene rings is 10. The first kappa shape index (κ1) is 32.1. The van der Waals surface area contributed by atoms with Crippen LogP contribution in [-0.2, 0) is 6.42 Å². The second kappa shape index (κ2) is 12.7. The molecule has 57 heavy (non-hydrogen) atoms. The minimum Gasteiger partial charge on any atom is -0.455 e. The monoisotopic (exact) mass is 724 g/mol. The van der Waals surface area contributed by atoms with Gasteiger partial charge in [0.15, 0.2) is 0 Å². The lowest BCUT2D eigenvalue weighted by Gasteiger charge is -2.21. The van der Waals surface area contributed by atoms with Crippen molar-refractivity contribution in [2.75, 3.05) is 0 Å². The SMILES string of the molecule is c1cc(CC(c2ccc(-c3cccc4c3oc3ccccc34)cc2)c2ccc3c(c2)-c2cccc4cccc-3c24)cc(-c2ccc3ccc4ccccc4c3c2)c1. The molecule has 0 radical (unpaired) electrons. The molecule has 10 aromatic carbocycles. The lowest BCUT2D eigenvalue weighted by Crippen LogP contribution is -2.06. The van der Waals surface area contributed by atoms with E-state index in [1.807, 2.05) is 6.07 Å². The third-order valence-electron chi connectivity index (χ3n) is 12.4. The van der Waals surface area contributed by atoms with Crippen molar-refractivity contribution in [3.05, 3.63) is 217 Å². The van der Waals surface area contributed by atoms with Gasteiger partial charge < -0.3 is 4.42 Å². The van der Waals surface area contributed by atoms with Crippen molar-refractivity contribution in [1.29, 1.82) is 0 Å². The largest absolute Gasteiger partial charge is 0.455 e. The van der Waals surface area contributed by atoms with Gasteiger partial charge in [-0.1, -0.05) is 182 Å². The zero-order valence-corrected chi connectivity index (χ0v) is 31.2. The number of rotatable bonds is 6. The fourth-order valence-corrected chi connectivity index (χ4v) is 9.62. The molecule has 1 nitrogen and oxygen atoms in total. The predicted octanol–water partition coefficient (Wildman–Crippen LogP) is 15.4. The van der Waals surface area contributed by atoms with Crippen LogP contribution in [0.4, 0.5) is 0 Å². The molecule has 11 aromatic rings. The second-order valence-electron chi connectivity index (χ2n) is 15.6. The Bertz CT molecular complexity index is 3380. The molecule has 266 valence electrons. The molecule has 0 saturated heterocycles. The van der Waals surface area contributed by atoms with Gasteiger partial charge in [-0.3, -0.25) is 0 Å². The van der Waals surface area contributed by atoms with E-state index in [9.17, 15) is 0 Å². The van der Waals surface area contributed by atoms with Crippen LogP contribution in [0, 0.1) is 0 Å². The zero-order valence-electron chi connectivity index (χ0n) is 31.2. The first-order chi connectivity index (χ1) is 28.2. The van der Waals surface area contributed by atoms with Crippen LogP contribution in [0.5, 0.6) is 0 Å². The van der Waals surface area contributed by atoms with E-state index >= 15 is 0 Å².